The molecular weight excluding hydrogens is 200 g/mol. The van der Waals surface area contributed by atoms with Crippen LogP contribution in [0.3, 0.4) is 0 Å². The lowest BCUT2D eigenvalue weighted by atomic mass is 10.0. The lowest BCUT2D eigenvalue weighted by Crippen LogP contribution is -2.46. The molecule has 0 radical (unpaired) electrons. The number of carbonyl (C=O) groups is 1. The third kappa shape index (κ3) is 3.54. The Morgan fingerprint density at radius 1 is 1.44 bits per heavy atom. The van der Waals surface area contributed by atoms with Gasteiger partial charge in [0, 0.05) is 18.8 Å². The number of nitrogens with one attached hydrogen (secondary N) is 1. The minimum atomic E-state index is 0.0483. The van der Waals surface area contributed by atoms with Crippen LogP contribution in [0.1, 0.15) is 47.0 Å². The summed E-state index contributed by atoms with van der Waals surface area (Å²) in [7, 11) is 0. The molecule has 0 aromatic carbocycles. The minimum Gasteiger partial charge on any atom is -0.322 e. The average molecular weight is 224 g/mol. The molecule has 2 amide bonds. The predicted octanol–water partition coefficient (Wildman–Crippen LogP) is 3.13. The highest BCUT2D eigenvalue weighted by Gasteiger charge is 2.22. The molecule has 0 bridgehead atoms. The first kappa shape index (κ1) is 13.1. The monoisotopic (exact) mass is 224 g/mol. The molecule has 1 N–H and O–H groups in total. The van der Waals surface area contributed by atoms with Crippen molar-refractivity contribution in [2.75, 3.05) is 6.54 Å². The summed E-state index contributed by atoms with van der Waals surface area (Å²) in [6, 6.07) is 0.425. The van der Waals surface area contributed by atoms with Gasteiger partial charge in [-0.05, 0) is 39.0 Å². The van der Waals surface area contributed by atoms with E-state index >= 15 is 0 Å². The number of likely N-dealkylation sites (tertiary alicyclic amines) is 1. The van der Waals surface area contributed by atoms with Crippen LogP contribution in [-0.4, -0.2) is 23.5 Å². The number of carbonyl (C=O) groups excluding carboxylic acids is 1. The molecule has 1 saturated heterocycles. The second kappa shape index (κ2) is 5.92. The molecule has 1 aliphatic heterocycles. The van der Waals surface area contributed by atoms with Crippen molar-refractivity contribution in [1.82, 2.24) is 10.2 Å². The van der Waals surface area contributed by atoms with Crippen molar-refractivity contribution in [3.05, 3.63) is 11.8 Å². The molecule has 1 atom stereocenters. The quantitative estimate of drug-likeness (QED) is 0.768. The van der Waals surface area contributed by atoms with Crippen LogP contribution in [0.5, 0.6) is 0 Å². The van der Waals surface area contributed by atoms with Crippen molar-refractivity contribution < 1.29 is 4.79 Å². The Labute approximate surface area is 98.9 Å². The number of rotatable bonds is 2. The van der Waals surface area contributed by atoms with Gasteiger partial charge in [0.1, 0.15) is 0 Å². The minimum absolute atomic E-state index is 0.0483. The van der Waals surface area contributed by atoms with Crippen LogP contribution >= 0.6 is 0 Å². The molecule has 0 spiro atoms. The second-order valence-electron chi connectivity index (χ2n) is 5.03. The Hall–Kier alpha value is -0.990. The fourth-order valence-electron chi connectivity index (χ4n) is 1.82. The van der Waals surface area contributed by atoms with Crippen LogP contribution in [0.4, 0.5) is 4.79 Å². The first-order chi connectivity index (χ1) is 7.52. The number of nitrogens with zero attached hydrogens (tertiary/aromatic N) is 1. The number of allylic oxidation sites excluding steroid dienone is 1. The van der Waals surface area contributed by atoms with E-state index in [2.05, 4.69) is 26.1 Å². The molecule has 16 heavy (non-hydrogen) atoms. The summed E-state index contributed by atoms with van der Waals surface area (Å²) in [6.45, 7) is 9.31. The summed E-state index contributed by atoms with van der Waals surface area (Å²) in [5.41, 5.74) is 1.21. The van der Waals surface area contributed by atoms with Crippen molar-refractivity contribution >= 4 is 6.03 Å². The zero-order valence-electron chi connectivity index (χ0n) is 10.9. The molecule has 0 aromatic heterocycles. The summed E-state index contributed by atoms with van der Waals surface area (Å²) < 4.78 is 0. The highest BCUT2D eigenvalue weighted by molar-refractivity contribution is 5.75. The third-order valence-corrected chi connectivity index (χ3v) is 3.40. The summed E-state index contributed by atoms with van der Waals surface area (Å²) in [5.74, 6) is 0.485. The standard InChI is InChI=1S/C13H24N2O/c1-10(2)11(3)9-14-13(16)15-8-6-5-7-12(15)4/h9-10,12H,5-8H2,1-4H3,(H,14,16)/b11-9+. The molecule has 0 aromatic rings. The van der Waals surface area contributed by atoms with E-state index in [0.29, 0.717) is 12.0 Å². The second-order valence-corrected chi connectivity index (χ2v) is 5.03. The van der Waals surface area contributed by atoms with Crippen molar-refractivity contribution in [2.24, 2.45) is 5.92 Å². The molecular formula is C13H24N2O. The van der Waals surface area contributed by atoms with E-state index in [-0.39, 0.29) is 6.03 Å². The van der Waals surface area contributed by atoms with E-state index in [0.717, 1.165) is 19.4 Å². The maximum Gasteiger partial charge on any atom is 0.321 e. The normalized spacial score (nSPS) is 22.4. The summed E-state index contributed by atoms with van der Waals surface area (Å²) in [4.78, 5) is 13.8. The maximum absolute atomic E-state index is 11.9. The third-order valence-electron chi connectivity index (χ3n) is 3.40. The molecule has 1 heterocycles. The zero-order chi connectivity index (χ0) is 12.1. The van der Waals surface area contributed by atoms with Gasteiger partial charge in [0.05, 0.1) is 0 Å². The number of urea groups is 1. The molecule has 1 unspecified atom stereocenters. The van der Waals surface area contributed by atoms with Gasteiger partial charge in [0.2, 0.25) is 0 Å². The highest BCUT2D eigenvalue weighted by Crippen LogP contribution is 2.16. The fraction of sp³-hybridized carbons (Fsp3) is 0.769. The van der Waals surface area contributed by atoms with Crippen molar-refractivity contribution in [3.8, 4) is 0 Å². The highest BCUT2D eigenvalue weighted by atomic mass is 16.2. The van der Waals surface area contributed by atoms with Gasteiger partial charge in [0.25, 0.3) is 0 Å². The summed E-state index contributed by atoms with van der Waals surface area (Å²) >= 11 is 0. The van der Waals surface area contributed by atoms with Gasteiger partial charge in [-0.2, -0.15) is 0 Å². The number of hydrogen-bond acceptors (Lipinski definition) is 1. The molecule has 1 fully saturated rings. The van der Waals surface area contributed by atoms with Crippen LogP contribution in [-0.2, 0) is 0 Å². The van der Waals surface area contributed by atoms with Crippen molar-refractivity contribution in [3.63, 3.8) is 0 Å². The molecule has 1 rings (SSSR count). The van der Waals surface area contributed by atoms with Crippen LogP contribution in [0, 0.1) is 5.92 Å². The van der Waals surface area contributed by atoms with Crippen LogP contribution in [0.2, 0.25) is 0 Å². The number of amides is 2. The van der Waals surface area contributed by atoms with E-state index in [9.17, 15) is 4.79 Å². The van der Waals surface area contributed by atoms with E-state index in [1.807, 2.05) is 18.0 Å². The predicted molar refractivity (Wildman–Crippen MR) is 67.1 cm³/mol. The summed E-state index contributed by atoms with van der Waals surface area (Å²) in [5, 5.41) is 2.89. The fourth-order valence-corrected chi connectivity index (χ4v) is 1.82. The molecule has 0 saturated carbocycles. The molecule has 92 valence electrons. The van der Waals surface area contributed by atoms with E-state index in [1.165, 1.54) is 12.0 Å². The lowest BCUT2D eigenvalue weighted by molar-refractivity contribution is 0.161. The van der Waals surface area contributed by atoms with Crippen LogP contribution in [0.25, 0.3) is 0 Å². The Morgan fingerprint density at radius 2 is 2.12 bits per heavy atom. The molecule has 3 nitrogen and oxygen atoms in total. The lowest BCUT2D eigenvalue weighted by Gasteiger charge is -2.33. The van der Waals surface area contributed by atoms with Gasteiger partial charge in [-0.1, -0.05) is 19.4 Å². The van der Waals surface area contributed by atoms with E-state index in [1.54, 1.807) is 0 Å². The van der Waals surface area contributed by atoms with Gasteiger partial charge in [-0.15, -0.1) is 0 Å². The van der Waals surface area contributed by atoms with Crippen molar-refractivity contribution in [1.29, 1.82) is 0 Å². The average Bonchev–Trinajstić information content (AvgIpc) is 2.25. The number of hydrogen-bond donors (Lipinski definition) is 1. The SMILES string of the molecule is C/C(=C\NC(=O)N1CCCCC1C)C(C)C. The van der Waals surface area contributed by atoms with E-state index in [4.69, 9.17) is 0 Å². The largest absolute Gasteiger partial charge is 0.322 e. The Kier molecular flexibility index (Phi) is 4.84. The smallest absolute Gasteiger partial charge is 0.321 e. The topological polar surface area (TPSA) is 32.3 Å². The van der Waals surface area contributed by atoms with Crippen LogP contribution < -0.4 is 5.32 Å². The zero-order valence-corrected chi connectivity index (χ0v) is 10.9. The Bertz CT molecular complexity index is 271. The molecule has 0 aliphatic carbocycles. The van der Waals surface area contributed by atoms with Gasteiger partial charge in [-0.3, -0.25) is 0 Å². The maximum atomic E-state index is 11.9. The Morgan fingerprint density at radius 3 is 2.69 bits per heavy atom. The Balaban J connectivity index is 2.48. The molecule has 1 aliphatic rings. The van der Waals surface area contributed by atoms with Gasteiger partial charge in [0.15, 0.2) is 0 Å². The van der Waals surface area contributed by atoms with Gasteiger partial charge < -0.3 is 10.2 Å². The summed E-state index contributed by atoms with van der Waals surface area (Å²) in [6.07, 6.45) is 5.34. The number of piperidine rings is 1. The van der Waals surface area contributed by atoms with E-state index < -0.39 is 0 Å². The van der Waals surface area contributed by atoms with Gasteiger partial charge >= 0.3 is 6.03 Å². The molecule has 3 heteroatoms. The van der Waals surface area contributed by atoms with Crippen LogP contribution in [0.15, 0.2) is 11.8 Å². The van der Waals surface area contributed by atoms with Gasteiger partial charge in [-0.25, -0.2) is 4.79 Å². The first-order valence-corrected chi connectivity index (χ1v) is 6.26. The van der Waals surface area contributed by atoms with Crippen molar-refractivity contribution in [2.45, 2.75) is 53.0 Å². The first-order valence-electron chi connectivity index (χ1n) is 6.26.